The molecule has 0 fully saturated rings. The number of aryl methyl sites for hydroxylation is 2. The van der Waals surface area contributed by atoms with Crippen LogP contribution in [-0.4, -0.2) is 24.4 Å². The quantitative estimate of drug-likeness (QED) is 0.292. The van der Waals surface area contributed by atoms with Crippen LogP contribution in [0.2, 0.25) is 0 Å². The second kappa shape index (κ2) is 12.9. The van der Waals surface area contributed by atoms with Crippen LogP contribution in [0.15, 0.2) is 78.9 Å². The van der Waals surface area contributed by atoms with Gasteiger partial charge in [0, 0.05) is 29.8 Å². The Balaban J connectivity index is 1.34. The van der Waals surface area contributed by atoms with Gasteiger partial charge in [-0.3, -0.25) is 14.4 Å². The number of amides is 2. The standard InChI is InChI=1S/C28H30N2O4/c1-21-20-24(17-18-25(21)30-28(33)23-13-6-3-7-14-23)29-26(31)15-8-16-27(32)34-19-9-12-22-10-4-2-5-11-22/h2-7,10-11,13-14,17-18,20H,8-9,12,15-16,19H2,1H3,(H,29,31)(H,30,33). The van der Waals surface area contributed by atoms with E-state index in [1.54, 1.807) is 30.3 Å². The number of carbonyl (C=O) groups is 3. The first-order chi connectivity index (χ1) is 16.5. The summed E-state index contributed by atoms with van der Waals surface area (Å²) in [5, 5.41) is 5.72. The van der Waals surface area contributed by atoms with Crippen molar-refractivity contribution >= 4 is 29.2 Å². The molecule has 0 radical (unpaired) electrons. The fraction of sp³-hybridized carbons (Fsp3) is 0.250. The first-order valence-corrected chi connectivity index (χ1v) is 11.5. The summed E-state index contributed by atoms with van der Waals surface area (Å²) < 4.78 is 5.25. The molecule has 3 aromatic carbocycles. The van der Waals surface area contributed by atoms with Gasteiger partial charge in [-0.25, -0.2) is 0 Å². The van der Waals surface area contributed by atoms with E-state index in [1.165, 1.54) is 5.56 Å². The molecule has 0 spiro atoms. The van der Waals surface area contributed by atoms with Crippen molar-refractivity contribution in [2.45, 2.75) is 39.0 Å². The van der Waals surface area contributed by atoms with Gasteiger partial charge in [0.25, 0.3) is 5.91 Å². The van der Waals surface area contributed by atoms with E-state index in [0.717, 1.165) is 18.4 Å². The van der Waals surface area contributed by atoms with Crippen molar-refractivity contribution in [1.82, 2.24) is 0 Å². The molecule has 176 valence electrons. The first-order valence-electron chi connectivity index (χ1n) is 11.5. The highest BCUT2D eigenvalue weighted by atomic mass is 16.5. The highest BCUT2D eigenvalue weighted by Gasteiger charge is 2.10. The van der Waals surface area contributed by atoms with Crippen molar-refractivity contribution in [2.75, 3.05) is 17.2 Å². The zero-order valence-corrected chi connectivity index (χ0v) is 19.4. The molecular formula is C28H30N2O4. The Morgan fingerprint density at radius 3 is 2.21 bits per heavy atom. The Kier molecular flexibility index (Phi) is 9.40. The van der Waals surface area contributed by atoms with Gasteiger partial charge >= 0.3 is 5.97 Å². The predicted molar refractivity (Wildman–Crippen MR) is 134 cm³/mol. The van der Waals surface area contributed by atoms with E-state index in [4.69, 9.17) is 4.74 Å². The summed E-state index contributed by atoms with van der Waals surface area (Å²) in [6.45, 7) is 2.25. The van der Waals surface area contributed by atoms with Gasteiger partial charge in [-0.2, -0.15) is 0 Å². The zero-order valence-electron chi connectivity index (χ0n) is 19.4. The minimum absolute atomic E-state index is 0.169. The number of carbonyl (C=O) groups excluding carboxylic acids is 3. The normalized spacial score (nSPS) is 10.4. The average Bonchev–Trinajstić information content (AvgIpc) is 2.84. The summed E-state index contributed by atoms with van der Waals surface area (Å²) in [4.78, 5) is 36.4. The molecule has 0 heterocycles. The molecular weight excluding hydrogens is 428 g/mol. The van der Waals surface area contributed by atoms with Crippen LogP contribution in [0.3, 0.4) is 0 Å². The van der Waals surface area contributed by atoms with Crippen LogP contribution in [0, 0.1) is 6.92 Å². The van der Waals surface area contributed by atoms with Crippen LogP contribution in [-0.2, 0) is 20.7 Å². The van der Waals surface area contributed by atoms with Crippen molar-refractivity contribution in [3.63, 3.8) is 0 Å². The molecule has 0 aliphatic rings. The summed E-state index contributed by atoms with van der Waals surface area (Å²) in [5.41, 5.74) is 3.96. The van der Waals surface area contributed by atoms with E-state index in [-0.39, 0.29) is 30.6 Å². The monoisotopic (exact) mass is 458 g/mol. The molecule has 3 rings (SSSR count). The topological polar surface area (TPSA) is 84.5 Å². The van der Waals surface area contributed by atoms with Crippen molar-refractivity contribution in [3.8, 4) is 0 Å². The van der Waals surface area contributed by atoms with Gasteiger partial charge in [-0.1, -0.05) is 48.5 Å². The molecule has 0 bridgehead atoms. The van der Waals surface area contributed by atoms with Gasteiger partial charge in [-0.15, -0.1) is 0 Å². The predicted octanol–water partition coefficient (Wildman–Crippen LogP) is 5.53. The SMILES string of the molecule is Cc1cc(NC(=O)CCCC(=O)OCCCc2ccccc2)ccc1NC(=O)c1ccccc1. The molecule has 6 nitrogen and oxygen atoms in total. The van der Waals surface area contributed by atoms with Crippen LogP contribution in [0.25, 0.3) is 0 Å². The highest BCUT2D eigenvalue weighted by molar-refractivity contribution is 6.04. The number of rotatable bonds is 11. The minimum atomic E-state index is -0.282. The van der Waals surface area contributed by atoms with Gasteiger partial charge < -0.3 is 15.4 Å². The van der Waals surface area contributed by atoms with E-state index < -0.39 is 0 Å². The molecule has 0 saturated heterocycles. The molecule has 6 heteroatoms. The first kappa shape index (κ1) is 24.7. The third-order valence-electron chi connectivity index (χ3n) is 5.29. The van der Waals surface area contributed by atoms with Crippen LogP contribution in [0.5, 0.6) is 0 Å². The number of anilines is 2. The molecule has 0 aliphatic carbocycles. The van der Waals surface area contributed by atoms with Crippen molar-refractivity contribution in [3.05, 3.63) is 95.6 Å². The van der Waals surface area contributed by atoms with E-state index in [1.807, 2.05) is 43.3 Å². The number of esters is 1. The summed E-state index contributed by atoms with van der Waals surface area (Å²) in [5.74, 6) is -0.639. The fourth-order valence-electron chi connectivity index (χ4n) is 3.46. The molecule has 34 heavy (non-hydrogen) atoms. The summed E-state index contributed by atoms with van der Waals surface area (Å²) in [7, 11) is 0. The third kappa shape index (κ3) is 8.20. The molecule has 2 N–H and O–H groups in total. The molecule has 0 saturated carbocycles. The number of benzene rings is 3. The Labute approximate surface area is 200 Å². The van der Waals surface area contributed by atoms with Crippen LogP contribution >= 0.6 is 0 Å². The van der Waals surface area contributed by atoms with Gasteiger partial charge in [-0.05, 0) is 67.6 Å². The number of nitrogens with one attached hydrogen (secondary N) is 2. The maximum absolute atomic E-state index is 12.3. The molecule has 0 atom stereocenters. The Hall–Kier alpha value is -3.93. The van der Waals surface area contributed by atoms with Crippen LogP contribution < -0.4 is 10.6 Å². The molecule has 0 aliphatic heterocycles. The lowest BCUT2D eigenvalue weighted by Gasteiger charge is -2.11. The fourth-order valence-corrected chi connectivity index (χ4v) is 3.46. The van der Waals surface area contributed by atoms with E-state index >= 15 is 0 Å². The molecule has 2 amide bonds. The van der Waals surface area contributed by atoms with Gasteiger partial charge in [0.15, 0.2) is 0 Å². The number of hydrogen-bond donors (Lipinski definition) is 2. The Morgan fingerprint density at radius 2 is 1.50 bits per heavy atom. The highest BCUT2D eigenvalue weighted by Crippen LogP contribution is 2.21. The lowest BCUT2D eigenvalue weighted by Crippen LogP contribution is -2.14. The maximum Gasteiger partial charge on any atom is 0.305 e. The minimum Gasteiger partial charge on any atom is -0.466 e. The smallest absolute Gasteiger partial charge is 0.305 e. The van der Waals surface area contributed by atoms with Crippen LogP contribution in [0.1, 0.15) is 47.2 Å². The van der Waals surface area contributed by atoms with E-state index in [2.05, 4.69) is 22.8 Å². The van der Waals surface area contributed by atoms with Gasteiger partial charge in [0.2, 0.25) is 5.91 Å². The van der Waals surface area contributed by atoms with Gasteiger partial charge in [0.05, 0.1) is 6.61 Å². The Morgan fingerprint density at radius 1 is 0.794 bits per heavy atom. The van der Waals surface area contributed by atoms with Crippen molar-refractivity contribution < 1.29 is 19.1 Å². The number of hydrogen-bond acceptors (Lipinski definition) is 4. The second-order valence-corrected chi connectivity index (χ2v) is 8.06. The molecule has 0 unspecified atom stereocenters. The van der Waals surface area contributed by atoms with Crippen molar-refractivity contribution in [1.29, 1.82) is 0 Å². The average molecular weight is 459 g/mol. The van der Waals surface area contributed by atoms with E-state index in [9.17, 15) is 14.4 Å². The second-order valence-electron chi connectivity index (χ2n) is 8.06. The van der Waals surface area contributed by atoms with E-state index in [0.29, 0.717) is 30.0 Å². The third-order valence-corrected chi connectivity index (χ3v) is 5.29. The lowest BCUT2D eigenvalue weighted by molar-refractivity contribution is -0.143. The Bertz CT molecular complexity index is 1100. The van der Waals surface area contributed by atoms with Crippen LogP contribution in [0.4, 0.5) is 11.4 Å². The van der Waals surface area contributed by atoms with Crippen molar-refractivity contribution in [2.24, 2.45) is 0 Å². The summed E-state index contributed by atoms with van der Waals surface area (Å²) in [6, 6.07) is 24.4. The molecule has 3 aromatic rings. The van der Waals surface area contributed by atoms with Gasteiger partial charge in [0.1, 0.15) is 0 Å². The summed E-state index contributed by atoms with van der Waals surface area (Å²) in [6.07, 6.45) is 2.50. The zero-order chi connectivity index (χ0) is 24.2. The summed E-state index contributed by atoms with van der Waals surface area (Å²) >= 11 is 0. The maximum atomic E-state index is 12.3. The molecule has 0 aromatic heterocycles. The largest absolute Gasteiger partial charge is 0.466 e. The number of ether oxygens (including phenoxy) is 1. The lowest BCUT2D eigenvalue weighted by atomic mass is 10.1.